The molecule has 0 spiro atoms. The van der Waals surface area contributed by atoms with Crippen molar-refractivity contribution in [3.63, 3.8) is 0 Å². The predicted octanol–water partition coefficient (Wildman–Crippen LogP) is 4.31. The van der Waals surface area contributed by atoms with Gasteiger partial charge in [0.1, 0.15) is 5.75 Å². The molecule has 0 radical (unpaired) electrons. The molecule has 108 valence electrons. The van der Waals surface area contributed by atoms with Crippen molar-refractivity contribution in [1.82, 2.24) is 0 Å². The summed E-state index contributed by atoms with van der Waals surface area (Å²) in [5, 5.41) is 0. The van der Waals surface area contributed by atoms with Gasteiger partial charge in [0, 0.05) is 0 Å². The van der Waals surface area contributed by atoms with Gasteiger partial charge in [0.15, 0.2) is 0 Å². The van der Waals surface area contributed by atoms with Crippen molar-refractivity contribution in [2.75, 3.05) is 7.11 Å². The van der Waals surface area contributed by atoms with Gasteiger partial charge in [-0.2, -0.15) is 4.99 Å². The normalized spacial score (nSPS) is 17.6. The van der Waals surface area contributed by atoms with Crippen LogP contribution >= 0.6 is 0 Å². The van der Waals surface area contributed by atoms with E-state index >= 15 is 0 Å². The number of hydrogen-bond donors (Lipinski definition) is 0. The predicted molar refractivity (Wildman–Crippen MR) is 80.0 cm³/mol. The van der Waals surface area contributed by atoms with E-state index < -0.39 is 0 Å². The molecule has 2 rings (SSSR count). The Hall–Kier alpha value is -1.60. The SMILES string of the molecule is COc1ccc(C2(N=C=O)CCCCC2)cc1C(C)C. The van der Waals surface area contributed by atoms with Crippen molar-refractivity contribution in [1.29, 1.82) is 0 Å². The van der Waals surface area contributed by atoms with Gasteiger partial charge in [-0.15, -0.1) is 0 Å². The Morgan fingerprint density at radius 1 is 1.25 bits per heavy atom. The Morgan fingerprint density at radius 3 is 2.50 bits per heavy atom. The highest BCUT2D eigenvalue weighted by Crippen LogP contribution is 2.42. The first-order valence-corrected chi connectivity index (χ1v) is 7.40. The quantitative estimate of drug-likeness (QED) is 0.605. The molecule has 0 bridgehead atoms. The van der Waals surface area contributed by atoms with E-state index in [1.807, 2.05) is 6.07 Å². The first-order valence-electron chi connectivity index (χ1n) is 7.40. The van der Waals surface area contributed by atoms with E-state index in [1.54, 1.807) is 13.2 Å². The highest BCUT2D eigenvalue weighted by atomic mass is 16.5. The molecule has 0 aliphatic heterocycles. The number of aliphatic imine (C=N–C) groups is 1. The summed E-state index contributed by atoms with van der Waals surface area (Å²) in [6.45, 7) is 4.30. The second kappa shape index (κ2) is 6.23. The van der Waals surface area contributed by atoms with E-state index in [9.17, 15) is 4.79 Å². The van der Waals surface area contributed by atoms with Gasteiger partial charge in [-0.1, -0.05) is 39.2 Å². The second-order valence-corrected chi connectivity index (χ2v) is 5.91. The lowest BCUT2D eigenvalue weighted by Gasteiger charge is -2.33. The van der Waals surface area contributed by atoms with Crippen LogP contribution in [0.1, 0.15) is 63.0 Å². The second-order valence-electron chi connectivity index (χ2n) is 5.91. The number of rotatable bonds is 4. The Morgan fingerprint density at radius 2 is 1.95 bits per heavy atom. The van der Waals surface area contributed by atoms with Crippen LogP contribution in [0, 0.1) is 0 Å². The number of carbonyl (C=O) groups excluding carboxylic acids is 1. The van der Waals surface area contributed by atoms with Crippen LogP contribution in [0.5, 0.6) is 5.75 Å². The van der Waals surface area contributed by atoms with E-state index in [0.717, 1.165) is 37.0 Å². The molecule has 0 N–H and O–H groups in total. The van der Waals surface area contributed by atoms with Gasteiger partial charge in [0.05, 0.1) is 12.6 Å². The first kappa shape index (κ1) is 14.8. The zero-order valence-electron chi connectivity index (χ0n) is 12.6. The maximum Gasteiger partial charge on any atom is 0.235 e. The fourth-order valence-corrected chi connectivity index (χ4v) is 3.16. The average Bonchev–Trinajstić information content (AvgIpc) is 2.47. The summed E-state index contributed by atoms with van der Waals surface area (Å²) in [5.74, 6) is 1.29. The minimum Gasteiger partial charge on any atom is -0.496 e. The van der Waals surface area contributed by atoms with Gasteiger partial charge in [-0.05, 0) is 42.0 Å². The van der Waals surface area contributed by atoms with Gasteiger partial charge in [0.2, 0.25) is 6.08 Å². The molecule has 0 amide bonds. The number of hydrogen-bond acceptors (Lipinski definition) is 3. The molecular formula is C17H23NO2. The highest BCUT2D eigenvalue weighted by Gasteiger charge is 2.34. The zero-order chi connectivity index (χ0) is 14.6. The number of benzene rings is 1. The molecule has 0 saturated heterocycles. The number of nitrogens with zero attached hydrogens (tertiary/aromatic N) is 1. The van der Waals surface area contributed by atoms with Gasteiger partial charge >= 0.3 is 0 Å². The van der Waals surface area contributed by atoms with Crippen LogP contribution in [0.25, 0.3) is 0 Å². The van der Waals surface area contributed by atoms with Crippen molar-refractivity contribution in [3.8, 4) is 5.75 Å². The van der Waals surface area contributed by atoms with Crippen LogP contribution in [0.15, 0.2) is 23.2 Å². The van der Waals surface area contributed by atoms with Crippen LogP contribution in [-0.2, 0) is 10.3 Å². The number of ether oxygens (including phenoxy) is 1. The van der Waals surface area contributed by atoms with E-state index in [0.29, 0.717) is 5.92 Å². The summed E-state index contributed by atoms with van der Waals surface area (Å²) in [6.07, 6.45) is 7.14. The monoisotopic (exact) mass is 273 g/mol. The van der Waals surface area contributed by atoms with Crippen molar-refractivity contribution < 1.29 is 9.53 Å². The van der Waals surface area contributed by atoms with Crippen molar-refractivity contribution >= 4 is 6.08 Å². The molecule has 0 aromatic heterocycles. The molecule has 0 unspecified atom stereocenters. The van der Waals surface area contributed by atoms with Crippen molar-refractivity contribution in [2.45, 2.75) is 57.4 Å². The summed E-state index contributed by atoms with van der Waals surface area (Å²) in [7, 11) is 1.70. The minimum absolute atomic E-state index is 0.365. The molecule has 1 aliphatic carbocycles. The van der Waals surface area contributed by atoms with Crippen LogP contribution in [-0.4, -0.2) is 13.2 Å². The Kier molecular flexibility index (Phi) is 4.61. The fraction of sp³-hybridized carbons (Fsp3) is 0.588. The molecule has 3 nitrogen and oxygen atoms in total. The fourth-order valence-electron chi connectivity index (χ4n) is 3.16. The van der Waals surface area contributed by atoms with Crippen LogP contribution in [0.3, 0.4) is 0 Å². The van der Waals surface area contributed by atoms with Crippen LogP contribution < -0.4 is 4.74 Å². The topological polar surface area (TPSA) is 38.7 Å². The first-order chi connectivity index (χ1) is 9.63. The van der Waals surface area contributed by atoms with E-state index in [-0.39, 0.29) is 5.54 Å². The molecule has 0 heterocycles. The third kappa shape index (κ3) is 2.78. The van der Waals surface area contributed by atoms with Crippen LogP contribution in [0.2, 0.25) is 0 Å². The average molecular weight is 273 g/mol. The maximum atomic E-state index is 10.9. The van der Waals surface area contributed by atoms with Gasteiger partial charge in [0.25, 0.3) is 0 Å². The van der Waals surface area contributed by atoms with Gasteiger partial charge in [-0.3, -0.25) is 0 Å². The molecule has 1 saturated carbocycles. The summed E-state index contributed by atoms with van der Waals surface area (Å²) in [4.78, 5) is 15.1. The molecule has 1 aliphatic rings. The maximum absolute atomic E-state index is 10.9. The summed E-state index contributed by atoms with van der Waals surface area (Å²) in [5.41, 5.74) is 1.94. The van der Waals surface area contributed by atoms with Crippen molar-refractivity contribution in [3.05, 3.63) is 29.3 Å². The Labute approximate surface area is 121 Å². The highest BCUT2D eigenvalue weighted by molar-refractivity contribution is 5.44. The molecular weight excluding hydrogens is 250 g/mol. The van der Waals surface area contributed by atoms with E-state index in [2.05, 4.69) is 31.0 Å². The lowest BCUT2D eigenvalue weighted by molar-refractivity contribution is 0.303. The Balaban J connectivity index is 2.49. The molecule has 1 aromatic carbocycles. The lowest BCUT2D eigenvalue weighted by Crippen LogP contribution is -2.26. The largest absolute Gasteiger partial charge is 0.496 e. The van der Waals surface area contributed by atoms with Gasteiger partial charge < -0.3 is 4.74 Å². The number of isocyanates is 1. The third-order valence-electron chi connectivity index (χ3n) is 4.33. The lowest BCUT2D eigenvalue weighted by atomic mass is 9.76. The summed E-state index contributed by atoms with van der Waals surface area (Å²) in [6, 6.07) is 6.22. The van der Waals surface area contributed by atoms with Crippen molar-refractivity contribution in [2.24, 2.45) is 4.99 Å². The van der Waals surface area contributed by atoms with E-state index in [4.69, 9.17) is 4.74 Å². The summed E-state index contributed by atoms with van der Waals surface area (Å²) < 4.78 is 5.43. The summed E-state index contributed by atoms with van der Waals surface area (Å²) >= 11 is 0. The third-order valence-corrected chi connectivity index (χ3v) is 4.33. The molecule has 20 heavy (non-hydrogen) atoms. The molecule has 3 heteroatoms. The minimum atomic E-state index is -0.365. The molecule has 1 fully saturated rings. The smallest absolute Gasteiger partial charge is 0.235 e. The zero-order valence-corrected chi connectivity index (χ0v) is 12.6. The standard InChI is InChI=1S/C17H23NO2/c1-13(2)15-11-14(7-8-16(15)20-3)17(18-12-19)9-5-4-6-10-17/h7-8,11,13H,4-6,9-10H2,1-3H3. The molecule has 1 aromatic rings. The Bertz CT molecular complexity index is 510. The molecule has 0 atom stereocenters. The number of methoxy groups -OCH3 is 1. The van der Waals surface area contributed by atoms with Gasteiger partial charge in [-0.25, -0.2) is 4.79 Å². The van der Waals surface area contributed by atoms with Crippen LogP contribution in [0.4, 0.5) is 0 Å². The van der Waals surface area contributed by atoms with E-state index in [1.165, 1.54) is 12.0 Å².